The maximum Gasteiger partial charge on any atom is 0.0818 e. The van der Waals surface area contributed by atoms with E-state index in [1.54, 1.807) is 13.3 Å². The van der Waals surface area contributed by atoms with Crippen molar-refractivity contribution in [1.82, 2.24) is 15.1 Å². The number of aromatic nitrogens is 2. The molecule has 5 heteroatoms. The van der Waals surface area contributed by atoms with Crippen LogP contribution >= 0.6 is 11.6 Å². The zero-order valence-corrected chi connectivity index (χ0v) is 10.0. The molecule has 0 aliphatic heterocycles. The molecule has 1 aromatic rings. The maximum atomic E-state index is 6.03. The topological polar surface area (TPSA) is 39.1 Å². The number of rotatable bonds is 7. The van der Waals surface area contributed by atoms with Crippen LogP contribution in [0.15, 0.2) is 6.20 Å². The van der Waals surface area contributed by atoms with Crippen LogP contribution in [0, 0.1) is 0 Å². The second kappa shape index (κ2) is 6.82. The van der Waals surface area contributed by atoms with Crippen LogP contribution in [-0.2, 0) is 17.7 Å². The molecule has 0 saturated carbocycles. The van der Waals surface area contributed by atoms with E-state index < -0.39 is 0 Å². The van der Waals surface area contributed by atoms with Gasteiger partial charge in [-0.15, -0.1) is 0 Å². The van der Waals surface area contributed by atoms with Gasteiger partial charge in [-0.25, -0.2) is 0 Å². The Kier molecular flexibility index (Phi) is 5.68. The molecular formula is C10H18ClN3O. The van der Waals surface area contributed by atoms with E-state index in [0.717, 1.165) is 43.4 Å². The molecule has 0 unspecified atom stereocenters. The molecule has 4 nitrogen and oxygen atoms in total. The molecule has 0 aliphatic rings. The number of hydrogen-bond acceptors (Lipinski definition) is 3. The number of aryl methyl sites for hydroxylation is 1. The van der Waals surface area contributed by atoms with Gasteiger partial charge in [-0.3, -0.25) is 4.68 Å². The molecule has 0 spiro atoms. The summed E-state index contributed by atoms with van der Waals surface area (Å²) in [7, 11) is 1.70. The summed E-state index contributed by atoms with van der Waals surface area (Å²) in [6.45, 7) is 5.43. The van der Waals surface area contributed by atoms with Gasteiger partial charge in [0.15, 0.2) is 0 Å². The van der Waals surface area contributed by atoms with Crippen molar-refractivity contribution >= 4 is 11.6 Å². The van der Waals surface area contributed by atoms with Crippen molar-refractivity contribution in [1.29, 1.82) is 0 Å². The summed E-state index contributed by atoms with van der Waals surface area (Å²) in [6.07, 6.45) is 2.60. The van der Waals surface area contributed by atoms with Gasteiger partial charge in [0.1, 0.15) is 0 Å². The van der Waals surface area contributed by atoms with E-state index in [-0.39, 0.29) is 0 Å². The van der Waals surface area contributed by atoms with Gasteiger partial charge in [-0.2, -0.15) is 5.10 Å². The lowest BCUT2D eigenvalue weighted by Crippen LogP contribution is -2.22. The average molecular weight is 232 g/mol. The lowest BCUT2D eigenvalue weighted by molar-refractivity contribution is 0.199. The third kappa shape index (κ3) is 3.81. The minimum Gasteiger partial charge on any atom is -0.383 e. The highest BCUT2D eigenvalue weighted by atomic mass is 35.5. The van der Waals surface area contributed by atoms with Crippen molar-refractivity contribution in [3.8, 4) is 0 Å². The van der Waals surface area contributed by atoms with Crippen LogP contribution in [0.1, 0.15) is 12.6 Å². The molecular weight excluding hydrogens is 214 g/mol. The summed E-state index contributed by atoms with van der Waals surface area (Å²) in [6, 6.07) is 0. The third-order valence-electron chi connectivity index (χ3n) is 2.22. The molecule has 0 saturated heterocycles. The first-order chi connectivity index (χ1) is 7.29. The normalized spacial score (nSPS) is 10.9. The van der Waals surface area contributed by atoms with Crippen LogP contribution in [0.4, 0.5) is 0 Å². The fraction of sp³-hybridized carbons (Fsp3) is 0.700. The molecule has 0 aliphatic carbocycles. The number of nitrogens with zero attached hydrogens (tertiary/aromatic N) is 2. The SMILES string of the molecule is CCn1ncc(Cl)c1CCNCCOC. The van der Waals surface area contributed by atoms with Crippen molar-refractivity contribution < 1.29 is 4.74 Å². The van der Waals surface area contributed by atoms with Crippen LogP contribution in [-0.4, -0.2) is 36.6 Å². The number of halogens is 1. The molecule has 0 amide bonds. The molecule has 0 radical (unpaired) electrons. The van der Waals surface area contributed by atoms with Gasteiger partial charge >= 0.3 is 0 Å². The van der Waals surface area contributed by atoms with Crippen LogP contribution in [0.3, 0.4) is 0 Å². The standard InChI is InChI=1S/C10H18ClN3O/c1-3-14-10(9(11)8-13-14)4-5-12-6-7-15-2/h8,12H,3-7H2,1-2H3. The number of nitrogens with one attached hydrogen (secondary N) is 1. The molecule has 0 bridgehead atoms. The molecule has 0 atom stereocenters. The van der Waals surface area contributed by atoms with Crippen LogP contribution in [0.5, 0.6) is 0 Å². The van der Waals surface area contributed by atoms with E-state index in [1.807, 2.05) is 4.68 Å². The first-order valence-corrected chi connectivity index (χ1v) is 5.57. The summed E-state index contributed by atoms with van der Waals surface area (Å²) in [4.78, 5) is 0. The fourth-order valence-electron chi connectivity index (χ4n) is 1.41. The van der Waals surface area contributed by atoms with Crippen LogP contribution in [0.25, 0.3) is 0 Å². The molecule has 1 heterocycles. The van der Waals surface area contributed by atoms with Crippen molar-refractivity contribution in [3.63, 3.8) is 0 Å². The quantitative estimate of drug-likeness (QED) is 0.720. The van der Waals surface area contributed by atoms with Crippen LogP contribution < -0.4 is 5.32 Å². The van der Waals surface area contributed by atoms with E-state index in [1.165, 1.54) is 0 Å². The summed E-state index contributed by atoms with van der Waals surface area (Å²) >= 11 is 6.03. The monoisotopic (exact) mass is 231 g/mol. The molecule has 1 rings (SSSR count). The summed E-state index contributed by atoms with van der Waals surface area (Å²) in [5.41, 5.74) is 1.10. The van der Waals surface area contributed by atoms with Gasteiger partial charge in [-0.05, 0) is 6.92 Å². The fourth-order valence-corrected chi connectivity index (χ4v) is 1.65. The Bertz CT molecular complexity index is 288. The first kappa shape index (κ1) is 12.5. The second-order valence-electron chi connectivity index (χ2n) is 3.25. The molecule has 1 aromatic heterocycles. The highest BCUT2D eigenvalue weighted by Crippen LogP contribution is 2.14. The Morgan fingerprint density at radius 1 is 1.53 bits per heavy atom. The van der Waals surface area contributed by atoms with Gasteiger partial charge < -0.3 is 10.1 Å². The average Bonchev–Trinajstić information content (AvgIpc) is 2.60. The van der Waals surface area contributed by atoms with Gasteiger partial charge in [-0.1, -0.05) is 11.6 Å². The Labute approximate surface area is 95.6 Å². The minimum absolute atomic E-state index is 0.737. The number of methoxy groups -OCH3 is 1. The van der Waals surface area contributed by atoms with E-state index in [0.29, 0.717) is 0 Å². The lowest BCUT2D eigenvalue weighted by Gasteiger charge is -2.06. The van der Waals surface area contributed by atoms with Crippen LogP contribution in [0.2, 0.25) is 5.02 Å². The van der Waals surface area contributed by atoms with Crippen molar-refractivity contribution in [2.45, 2.75) is 19.9 Å². The summed E-state index contributed by atoms with van der Waals surface area (Å²) < 4.78 is 6.87. The zero-order chi connectivity index (χ0) is 11.1. The van der Waals surface area contributed by atoms with E-state index in [2.05, 4.69) is 17.3 Å². The van der Waals surface area contributed by atoms with Gasteiger partial charge in [0.05, 0.1) is 23.5 Å². The minimum atomic E-state index is 0.737. The predicted molar refractivity (Wildman–Crippen MR) is 61.4 cm³/mol. The van der Waals surface area contributed by atoms with Gasteiger partial charge in [0.2, 0.25) is 0 Å². The van der Waals surface area contributed by atoms with E-state index in [4.69, 9.17) is 16.3 Å². The third-order valence-corrected chi connectivity index (χ3v) is 2.53. The largest absolute Gasteiger partial charge is 0.383 e. The number of hydrogen-bond donors (Lipinski definition) is 1. The molecule has 0 aromatic carbocycles. The predicted octanol–water partition coefficient (Wildman–Crippen LogP) is 1.33. The smallest absolute Gasteiger partial charge is 0.0818 e. The van der Waals surface area contributed by atoms with Gasteiger partial charge in [0, 0.05) is 33.2 Å². The lowest BCUT2D eigenvalue weighted by atomic mass is 10.3. The van der Waals surface area contributed by atoms with Gasteiger partial charge in [0.25, 0.3) is 0 Å². The molecule has 86 valence electrons. The maximum absolute atomic E-state index is 6.03. The first-order valence-electron chi connectivity index (χ1n) is 5.19. The number of ether oxygens (including phenoxy) is 1. The Balaban J connectivity index is 2.33. The second-order valence-corrected chi connectivity index (χ2v) is 3.65. The van der Waals surface area contributed by atoms with Crippen molar-refractivity contribution in [2.75, 3.05) is 26.8 Å². The Morgan fingerprint density at radius 3 is 3.00 bits per heavy atom. The van der Waals surface area contributed by atoms with Crippen molar-refractivity contribution in [3.05, 3.63) is 16.9 Å². The van der Waals surface area contributed by atoms with E-state index in [9.17, 15) is 0 Å². The Morgan fingerprint density at radius 2 is 2.33 bits per heavy atom. The molecule has 1 N–H and O–H groups in total. The molecule has 15 heavy (non-hydrogen) atoms. The molecule has 0 fully saturated rings. The highest BCUT2D eigenvalue weighted by molar-refractivity contribution is 6.31. The zero-order valence-electron chi connectivity index (χ0n) is 9.29. The Hall–Kier alpha value is -0.580. The summed E-state index contributed by atoms with van der Waals surface area (Å²) in [5.74, 6) is 0. The van der Waals surface area contributed by atoms with Crippen molar-refractivity contribution in [2.24, 2.45) is 0 Å². The van der Waals surface area contributed by atoms with E-state index >= 15 is 0 Å². The summed E-state index contributed by atoms with van der Waals surface area (Å²) in [5, 5.41) is 8.21. The highest BCUT2D eigenvalue weighted by Gasteiger charge is 2.06.